The molecule has 0 bridgehead atoms. The molecule has 1 aromatic carbocycles. The summed E-state index contributed by atoms with van der Waals surface area (Å²) in [7, 11) is 0. The van der Waals surface area contributed by atoms with Crippen LogP contribution in [-0.4, -0.2) is 9.91 Å². The van der Waals surface area contributed by atoms with Crippen molar-refractivity contribution in [3.8, 4) is 5.75 Å². The fourth-order valence-electron chi connectivity index (χ4n) is 1.37. The fraction of sp³-hybridized carbons (Fsp3) is 0.0833. The van der Waals surface area contributed by atoms with Crippen molar-refractivity contribution in [2.75, 3.05) is 0 Å². The lowest BCUT2D eigenvalue weighted by Gasteiger charge is -2.05. The van der Waals surface area contributed by atoms with E-state index in [4.69, 9.17) is 16.3 Å². The lowest BCUT2D eigenvalue weighted by molar-refractivity contribution is -0.384. The van der Waals surface area contributed by atoms with E-state index in [0.29, 0.717) is 10.9 Å². The van der Waals surface area contributed by atoms with Gasteiger partial charge in [-0.2, -0.15) is 0 Å². The second-order valence-electron chi connectivity index (χ2n) is 3.53. The van der Waals surface area contributed by atoms with Crippen LogP contribution in [0.15, 0.2) is 42.6 Å². The first-order valence-corrected chi connectivity index (χ1v) is 5.50. The number of non-ortho nitro benzene ring substituents is 1. The Kier molecular flexibility index (Phi) is 3.74. The van der Waals surface area contributed by atoms with Gasteiger partial charge < -0.3 is 4.74 Å². The summed E-state index contributed by atoms with van der Waals surface area (Å²) in [5.74, 6) is 0.561. The van der Waals surface area contributed by atoms with Crippen LogP contribution in [0.25, 0.3) is 0 Å². The van der Waals surface area contributed by atoms with E-state index < -0.39 is 4.92 Å². The molecular formula is C12H9ClN2O3. The Labute approximate surface area is 108 Å². The zero-order chi connectivity index (χ0) is 13.0. The van der Waals surface area contributed by atoms with Crippen LogP contribution in [0.2, 0.25) is 5.15 Å². The first-order valence-electron chi connectivity index (χ1n) is 5.13. The van der Waals surface area contributed by atoms with E-state index >= 15 is 0 Å². The standard InChI is InChI=1S/C12H9ClN2O3/c13-12-5-4-11(7-14-12)18-8-9-2-1-3-10(6-9)15(16)17/h1-7H,8H2. The molecule has 5 nitrogen and oxygen atoms in total. The van der Waals surface area contributed by atoms with Gasteiger partial charge in [-0.15, -0.1) is 0 Å². The zero-order valence-electron chi connectivity index (χ0n) is 9.25. The lowest BCUT2D eigenvalue weighted by atomic mass is 10.2. The van der Waals surface area contributed by atoms with E-state index in [0.717, 1.165) is 5.56 Å². The monoisotopic (exact) mass is 264 g/mol. The number of rotatable bonds is 4. The summed E-state index contributed by atoms with van der Waals surface area (Å²) in [6.07, 6.45) is 1.50. The number of halogens is 1. The van der Waals surface area contributed by atoms with Gasteiger partial charge in [-0.05, 0) is 17.7 Å². The maximum atomic E-state index is 10.6. The number of hydrogen-bond acceptors (Lipinski definition) is 4. The van der Waals surface area contributed by atoms with E-state index in [1.54, 1.807) is 24.3 Å². The fourth-order valence-corrected chi connectivity index (χ4v) is 1.49. The van der Waals surface area contributed by atoms with Crippen LogP contribution < -0.4 is 4.74 Å². The van der Waals surface area contributed by atoms with Gasteiger partial charge in [0.05, 0.1) is 11.1 Å². The van der Waals surface area contributed by atoms with Gasteiger partial charge in [-0.3, -0.25) is 10.1 Å². The second-order valence-corrected chi connectivity index (χ2v) is 3.92. The molecule has 0 aliphatic carbocycles. The number of nitrogens with zero attached hydrogens (tertiary/aromatic N) is 2. The molecule has 0 amide bonds. The number of pyridine rings is 1. The first kappa shape index (κ1) is 12.3. The number of hydrogen-bond donors (Lipinski definition) is 0. The van der Waals surface area contributed by atoms with Crippen LogP contribution in [0, 0.1) is 10.1 Å². The third kappa shape index (κ3) is 3.18. The van der Waals surface area contributed by atoms with E-state index in [1.807, 2.05) is 0 Å². The quantitative estimate of drug-likeness (QED) is 0.483. The molecule has 92 valence electrons. The van der Waals surface area contributed by atoms with Gasteiger partial charge in [0.25, 0.3) is 5.69 Å². The van der Waals surface area contributed by atoms with E-state index in [1.165, 1.54) is 18.3 Å². The van der Waals surface area contributed by atoms with Crippen LogP contribution in [0.1, 0.15) is 5.56 Å². The molecule has 0 saturated heterocycles. The molecule has 0 radical (unpaired) electrons. The highest BCUT2D eigenvalue weighted by molar-refractivity contribution is 6.29. The van der Waals surface area contributed by atoms with Crippen molar-refractivity contribution in [1.82, 2.24) is 4.98 Å². The van der Waals surface area contributed by atoms with Crippen molar-refractivity contribution in [3.63, 3.8) is 0 Å². The third-order valence-corrected chi connectivity index (χ3v) is 2.45. The van der Waals surface area contributed by atoms with Crippen molar-refractivity contribution in [3.05, 3.63) is 63.4 Å². The highest BCUT2D eigenvalue weighted by Gasteiger charge is 2.05. The van der Waals surface area contributed by atoms with Crippen molar-refractivity contribution >= 4 is 17.3 Å². The van der Waals surface area contributed by atoms with Crippen molar-refractivity contribution in [2.45, 2.75) is 6.61 Å². The molecule has 0 atom stereocenters. The summed E-state index contributed by atoms with van der Waals surface area (Å²) in [5.41, 5.74) is 0.768. The molecule has 0 aliphatic rings. The molecule has 6 heteroatoms. The largest absolute Gasteiger partial charge is 0.487 e. The number of nitro benzene ring substituents is 1. The molecule has 1 aromatic heterocycles. The molecule has 0 aliphatic heterocycles. The predicted octanol–water partition coefficient (Wildman–Crippen LogP) is 3.22. The normalized spacial score (nSPS) is 10.1. The van der Waals surface area contributed by atoms with Gasteiger partial charge in [0.1, 0.15) is 17.5 Å². The molecule has 1 heterocycles. The maximum Gasteiger partial charge on any atom is 0.269 e. The summed E-state index contributed by atoms with van der Waals surface area (Å²) in [6.45, 7) is 0.241. The summed E-state index contributed by atoms with van der Waals surface area (Å²) < 4.78 is 5.44. The summed E-state index contributed by atoms with van der Waals surface area (Å²) in [5, 5.41) is 11.0. The lowest BCUT2D eigenvalue weighted by Crippen LogP contribution is -1.97. The van der Waals surface area contributed by atoms with E-state index in [-0.39, 0.29) is 12.3 Å². The molecule has 0 unspecified atom stereocenters. The minimum Gasteiger partial charge on any atom is -0.487 e. The van der Waals surface area contributed by atoms with Crippen LogP contribution in [0.4, 0.5) is 5.69 Å². The van der Waals surface area contributed by atoms with Crippen LogP contribution in [0.5, 0.6) is 5.75 Å². The third-order valence-electron chi connectivity index (χ3n) is 2.23. The second kappa shape index (κ2) is 5.46. The van der Waals surface area contributed by atoms with Gasteiger partial charge in [0.2, 0.25) is 0 Å². The Bertz CT molecular complexity index is 558. The highest BCUT2D eigenvalue weighted by Crippen LogP contribution is 2.17. The van der Waals surface area contributed by atoms with Crippen LogP contribution in [-0.2, 0) is 6.61 Å². The van der Waals surface area contributed by atoms with Gasteiger partial charge in [-0.1, -0.05) is 23.7 Å². The van der Waals surface area contributed by atoms with Gasteiger partial charge in [0, 0.05) is 12.1 Å². The van der Waals surface area contributed by atoms with Gasteiger partial charge in [0.15, 0.2) is 0 Å². The average molecular weight is 265 g/mol. The molecule has 0 fully saturated rings. The van der Waals surface area contributed by atoms with Gasteiger partial charge >= 0.3 is 0 Å². The summed E-state index contributed by atoms with van der Waals surface area (Å²) in [4.78, 5) is 14.0. The number of ether oxygens (including phenoxy) is 1. The van der Waals surface area contributed by atoms with E-state index in [2.05, 4.69) is 4.98 Å². The molecule has 0 N–H and O–H groups in total. The number of aromatic nitrogens is 1. The molecule has 0 spiro atoms. The van der Waals surface area contributed by atoms with Crippen molar-refractivity contribution < 1.29 is 9.66 Å². The summed E-state index contributed by atoms with van der Waals surface area (Å²) >= 11 is 5.64. The summed E-state index contributed by atoms with van der Waals surface area (Å²) in [6, 6.07) is 9.60. The molecule has 2 aromatic rings. The Morgan fingerprint density at radius 1 is 1.33 bits per heavy atom. The van der Waals surface area contributed by atoms with Crippen LogP contribution in [0.3, 0.4) is 0 Å². The Morgan fingerprint density at radius 2 is 2.17 bits per heavy atom. The van der Waals surface area contributed by atoms with Gasteiger partial charge in [-0.25, -0.2) is 4.98 Å². The number of nitro groups is 1. The van der Waals surface area contributed by atoms with E-state index in [9.17, 15) is 10.1 Å². The van der Waals surface area contributed by atoms with Crippen molar-refractivity contribution in [1.29, 1.82) is 0 Å². The van der Waals surface area contributed by atoms with Crippen molar-refractivity contribution in [2.24, 2.45) is 0 Å². The molecule has 18 heavy (non-hydrogen) atoms. The topological polar surface area (TPSA) is 65.3 Å². The molecule has 2 rings (SSSR count). The Balaban J connectivity index is 2.04. The first-order chi connectivity index (χ1) is 8.65. The highest BCUT2D eigenvalue weighted by atomic mass is 35.5. The maximum absolute atomic E-state index is 10.6. The smallest absolute Gasteiger partial charge is 0.269 e. The Morgan fingerprint density at radius 3 is 2.83 bits per heavy atom. The zero-order valence-corrected chi connectivity index (χ0v) is 10.0. The number of benzene rings is 1. The Hall–Kier alpha value is -2.14. The van der Waals surface area contributed by atoms with Crippen LogP contribution >= 0.6 is 11.6 Å². The minimum atomic E-state index is -0.437. The predicted molar refractivity (Wildman–Crippen MR) is 66.7 cm³/mol. The average Bonchev–Trinajstić information content (AvgIpc) is 2.38. The molecular weight excluding hydrogens is 256 g/mol. The minimum absolute atomic E-state index is 0.0466. The SMILES string of the molecule is O=[N+]([O-])c1cccc(COc2ccc(Cl)nc2)c1. The molecule has 0 saturated carbocycles.